The molecule has 0 N–H and O–H groups in total. The molecule has 2 aliphatic carbocycles. The summed E-state index contributed by atoms with van der Waals surface area (Å²) in [5.41, 5.74) is 25.1. The Bertz CT molecular complexity index is 3760. The summed E-state index contributed by atoms with van der Waals surface area (Å²) < 4.78 is 0. The topological polar surface area (TPSA) is 3.24 Å². The number of anilines is 3. The van der Waals surface area contributed by atoms with Gasteiger partial charge in [-0.2, -0.15) is 0 Å². The molecule has 0 aliphatic heterocycles. The zero-order chi connectivity index (χ0) is 47.5. The van der Waals surface area contributed by atoms with Gasteiger partial charge in [0.25, 0.3) is 0 Å². The lowest BCUT2D eigenvalue weighted by atomic mass is 9.67. The Morgan fingerprint density at radius 3 is 1.21 bits per heavy atom. The zero-order valence-electron chi connectivity index (χ0n) is 39.9. The molecule has 0 amide bonds. The van der Waals surface area contributed by atoms with Crippen molar-refractivity contribution in [1.29, 1.82) is 0 Å². The van der Waals surface area contributed by atoms with E-state index in [0.29, 0.717) is 0 Å². The van der Waals surface area contributed by atoms with Crippen LogP contribution in [0.1, 0.15) is 47.2 Å². The minimum atomic E-state index is -0.612. The van der Waals surface area contributed by atoms with Gasteiger partial charge >= 0.3 is 0 Å². The molecule has 0 saturated heterocycles. The third-order valence-electron chi connectivity index (χ3n) is 15.4. The van der Waals surface area contributed by atoms with Crippen LogP contribution in [0, 0.1) is 0 Å². The average molecular weight is 906 g/mol. The molecule has 13 rings (SSSR count). The molecule has 1 nitrogen and oxygen atoms in total. The van der Waals surface area contributed by atoms with E-state index < -0.39 is 5.41 Å². The molecule has 1 unspecified atom stereocenters. The van der Waals surface area contributed by atoms with Crippen LogP contribution in [0.4, 0.5) is 17.1 Å². The Balaban J connectivity index is 1.00. The second-order valence-electron chi connectivity index (χ2n) is 19.6. The van der Waals surface area contributed by atoms with Crippen LogP contribution in [0.15, 0.2) is 273 Å². The lowest BCUT2D eigenvalue weighted by Crippen LogP contribution is -2.29. The molecule has 0 heterocycles. The van der Waals surface area contributed by atoms with Crippen molar-refractivity contribution in [1.82, 2.24) is 0 Å². The van der Waals surface area contributed by atoms with Crippen LogP contribution >= 0.6 is 0 Å². The number of hydrogen-bond donors (Lipinski definition) is 0. The fourth-order valence-electron chi connectivity index (χ4n) is 11.9. The summed E-state index contributed by atoms with van der Waals surface area (Å²) >= 11 is 0. The van der Waals surface area contributed by atoms with E-state index in [1.54, 1.807) is 0 Å². The van der Waals surface area contributed by atoms with E-state index in [2.05, 4.69) is 292 Å². The average Bonchev–Trinajstić information content (AvgIpc) is 3.87. The highest BCUT2D eigenvalue weighted by Gasteiger charge is 2.46. The van der Waals surface area contributed by atoms with Gasteiger partial charge in [-0.25, -0.2) is 0 Å². The Kier molecular flexibility index (Phi) is 10.1. The minimum Gasteiger partial charge on any atom is -0.310 e. The summed E-state index contributed by atoms with van der Waals surface area (Å²) in [6.45, 7) is 4.75. The van der Waals surface area contributed by atoms with E-state index in [0.717, 1.165) is 17.1 Å². The monoisotopic (exact) mass is 905 g/mol. The van der Waals surface area contributed by atoms with Crippen molar-refractivity contribution < 1.29 is 0 Å². The van der Waals surface area contributed by atoms with Crippen molar-refractivity contribution in [2.75, 3.05) is 4.90 Å². The van der Waals surface area contributed by atoms with Crippen molar-refractivity contribution in [2.45, 2.75) is 24.7 Å². The van der Waals surface area contributed by atoms with Gasteiger partial charge in [-0.3, -0.25) is 0 Å². The predicted octanol–water partition coefficient (Wildman–Crippen LogP) is 18.5. The van der Waals surface area contributed by atoms with E-state index in [1.807, 2.05) is 0 Å². The molecule has 71 heavy (non-hydrogen) atoms. The van der Waals surface area contributed by atoms with Crippen LogP contribution < -0.4 is 4.90 Å². The second kappa shape index (κ2) is 17.0. The first-order valence-corrected chi connectivity index (χ1v) is 24.8. The number of hydrogen-bond acceptors (Lipinski definition) is 1. The van der Waals surface area contributed by atoms with Gasteiger partial charge in [-0.15, -0.1) is 0 Å². The van der Waals surface area contributed by atoms with Crippen molar-refractivity contribution >= 4 is 17.1 Å². The molecule has 11 aromatic rings. The summed E-state index contributed by atoms with van der Waals surface area (Å²) in [6.07, 6.45) is 0. The standard InChI is InChI=1S/C70H51N/c1-69(2)65-30-14-12-28-61(65)63-42-40-59(46-67(63)69)71(58-27-17-23-55(45-58)53-38-34-51(35-39-53)49-20-8-4-9-21-49)60-41-43-64-62-29-13-15-31-66(62)70(68(64)47-60,56-24-10-5-11-25-56)57-26-16-22-54(44-57)52-36-32-50(33-37-52)48-18-6-3-7-19-48/h3-47H,1-2H3. The van der Waals surface area contributed by atoms with Gasteiger partial charge in [0.15, 0.2) is 0 Å². The van der Waals surface area contributed by atoms with Crippen molar-refractivity contribution in [3.8, 4) is 66.8 Å². The van der Waals surface area contributed by atoms with Gasteiger partial charge in [0.1, 0.15) is 0 Å². The maximum Gasteiger partial charge on any atom is 0.0714 e. The molecular weight excluding hydrogens is 855 g/mol. The van der Waals surface area contributed by atoms with Crippen LogP contribution in [0.3, 0.4) is 0 Å². The summed E-state index contributed by atoms with van der Waals surface area (Å²) in [4.78, 5) is 2.49. The SMILES string of the molecule is CC1(C)c2ccccc2-c2ccc(N(c3cccc(-c4ccc(-c5ccccc5)cc4)c3)c3ccc4c(c3)C(c3ccccc3)(c3cccc(-c5ccc(-c6ccccc6)cc5)c3)c3ccccc3-4)cc21. The summed E-state index contributed by atoms with van der Waals surface area (Å²) in [6, 6.07) is 101. The minimum absolute atomic E-state index is 0.162. The lowest BCUT2D eigenvalue weighted by molar-refractivity contribution is 0.660. The molecule has 0 spiro atoms. The highest BCUT2D eigenvalue weighted by molar-refractivity contribution is 5.92. The first kappa shape index (κ1) is 42.3. The van der Waals surface area contributed by atoms with Gasteiger partial charge in [0.05, 0.1) is 5.41 Å². The fourth-order valence-corrected chi connectivity index (χ4v) is 11.9. The summed E-state index contributed by atoms with van der Waals surface area (Å²) in [5, 5.41) is 0. The number of benzene rings is 11. The molecule has 11 aromatic carbocycles. The van der Waals surface area contributed by atoms with Crippen LogP contribution in [-0.2, 0) is 10.8 Å². The van der Waals surface area contributed by atoms with Gasteiger partial charge in [-0.05, 0) is 143 Å². The Morgan fingerprint density at radius 1 is 0.239 bits per heavy atom. The van der Waals surface area contributed by atoms with Crippen LogP contribution in [0.25, 0.3) is 66.8 Å². The molecule has 1 atom stereocenters. The lowest BCUT2D eigenvalue weighted by Gasteiger charge is -2.35. The molecule has 2 aliphatic rings. The van der Waals surface area contributed by atoms with Crippen molar-refractivity contribution in [3.63, 3.8) is 0 Å². The molecule has 0 aromatic heterocycles. The van der Waals surface area contributed by atoms with E-state index >= 15 is 0 Å². The number of fused-ring (bicyclic) bond motifs is 6. The number of nitrogens with zero attached hydrogens (tertiary/aromatic N) is 1. The van der Waals surface area contributed by atoms with Crippen LogP contribution in [0.2, 0.25) is 0 Å². The Hall–Kier alpha value is -8.78. The first-order chi connectivity index (χ1) is 34.9. The molecule has 1 heteroatoms. The van der Waals surface area contributed by atoms with E-state index in [1.165, 1.54) is 100 Å². The summed E-state index contributed by atoms with van der Waals surface area (Å²) in [5.74, 6) is 0. The molecule has 336 valence electrons. The second-order valence-corrected chi connectivity index (χ2v) is 19.6. The van der Waals surface area contributed by atoms with Gasteiger partial charge < -0.3 is 4.90 Å². The maximum absolute atomic E-state index is 2.50. The van der Waals surface area contributed by atoms with Gasteiger partial charge in [0, 0.05) is 22.5 Å². The van der Waals surface area contributed by atoms with Crippen molar-refractivity contribution in [3.05, 3.63) is 306 Å². The van der Waals surface area contributed by atoms with E-state index in [9.17, 15) is 0 Å². The van der Waals surface area contributed by atoms with E-state index in [-0.39, 0.29) is 5.41 Å². The molecular formula is C70H51N. The quantitative estimate of drug-likeness (QED) is 0.139. The fraction of sp³-hybridized carbons (Fsp3) is 0.0571. The molecule has 0 radical (unpaired) electrons. The van der Waals surface area contributed by atoms with E-state index in [4.69, 9.17) is 0 Å². The normalized spacial score (nSPS) is 14.8. The summed E-state index contributed by atoms with van der Waals surface area (Å²) in [7, 11) is 0. The maximum atomic E-state index is 2.50. The van der Waals surface area contributed by atoms with Gasteiger partial charge in [-0.1, -0.05) is 244 Å². The Labute approximate surface area is 417 Å². The highest BCUT2D eigenvalue weighted by atomic mass is 15.1. The highest BCUT2D eigenvalue weighted by Crippen LogP contribution is 2.58. The molecule has 0 fully saturated rings. The van der Waals surface area contributed by atoms with Crippen molar-refractivity contribution in [2.24, 2.45) is 0 Å². The van der Waals surface area contributed by atoms with Crippen LogP contribution in [-0.4, -0.2) is 0 Å². The smallest absolute Gasteiger partial charge is 0.0714 e. The molecule has 0 saturated carbocycles. The Morgan fingerprint density at radius 2 is 0.620 bits per heavy atom. The largest absolute Gasteiger partial charge is 0.310 e. The first-order valence-electron chi connectivity index (χ1n) is 24.8. The zero-order valence-corrected chi connectivity index (χ0v) is 39.9. The van der Waals surface area contributed by atoms with Crippen LogP contribution in [0.5, 0.6) is 0 Å². The number of rotatable bonds is 9. The third-order valence-corrected chi connectivity index (χ3v) is 15.4. The van der Waals surface area contributed by atoms with Gasteiger partial charge in [0.2, 0.25) is 0 Å². The molecule has 0 bridgehead atoms. The third kappa shape index (κ3) is 6.99. The predicted molar refractivity (Wildman–Crippen MR) is 298 cm³/mol.